The van der Waals surface area contributed by atoms with Crippen LogP contribution in [0.4, 0.5) is 0 Å². The van der Waals surface area contributed by atoms with Gasteiger partial charge in [0.2, 0.25) is 0 Å². The molecule has 3 aromatic rings. The van der Waals surface area contributed by atoms with Gasteiger partial charge in [-0.15, -0.1) is 0 Å². The molecule has 0 atom stereocenters. The van der Waals surface area contributed by atoms with E-state index in [0.29, 0.717) is 5.92 Å². The summed E-state index contributed by atoms with van der Waals surface area (Å²) in [5, 5.41) is 0. The molecule has 0 unspecified atom stereocenters. The maximum atomic E-state index is 2.34. The second-order valence-electron chi connectivity index (χ2n) is 8.80. The van der Waals surface area contributed by atoms with E-state index in [1.807, 2.05) is 0 Å². The summed E-state index contributed by atoms with van der Waals surface area (Å²) < 4.78 is 0. The van der Waals surface area contributed by atoms with E-state index in [2.05, 4.69) is 85.7 Å². The molecule has 0 heterocycles. The lowest BCUT2D eigenvalue weighted by molar-refractivity contribution is 0.837. The second-order valence-corrected chi connectivity index (χ2v) is 8.80. The number of hydrogen-bond acceptors (Lipinski definition) is 0. The van der Waals surface area contributed by atoms with Gasteiger partial charge in [0.1, 0.15) is 0 Å². The second kappa shape index (κ2) is 6.62. The highest BCUT2D eigenvalue weighted by molar-refractivity contribution is 5.66. The van der Waals surface area contributed by atoms with Crippen LogP contribution in [-0.4, -0.2) is 0 Å². The van der Waals surface area contributed by atoms with Crippen molar-refractivity contribution < 1.29 is 0 Å². The van der Waals surface area contributed by atoms with Gasteiger partial charge in [-0.25, -0.2) is 0 Å². The van der Waals surface area contributed by atoms with Crippen LogP contribution in [0.1, 0.15) is 78.2 Å². The molecule has 0 saturated carbocycles. The number of fused-ring (bicyclic) bond motifs is 2. The van der Waals surface area contributed by atoms with Gasteiger partial charge in [0.25, 0.3) is 0 Å². The van der Waals surface area contributed by atoms with Crippen LogP contribution in [0.15, 0.2) is 30.3 Å². The van der Waals surface area contributed by atoms with E-state index in [9.17, 15) is 0 Å². The van der Waals surface area contributed by atoms with Crippen molar-refractivity contribution in [1.29, 1.82) is 0 Å². The third-order valence-corrected chi connectivity index (χ3v) is 7.80. The zero-order valence-corrected chi connectivity index (χ0v) is 18.7. The molecule has 0 N–H and O–H groups in total. The Bertz CT molecular complexity index is 1030. The largest absolute Gasteiger partial charge is 0.0622 e. The highest BCUT2D eigenvalue weighted by Crippen LogP contribution is 2.48. The molecule has 4 rings (SSSR count). The molecule has 28 heavy (non-hydrogen) atoms. The van der Waals surface area contributed by atoms with Crippen molar-refractivity contribution in [3.05, 3.63) is 103 Å². The van der Waals surface area contributed by atoms with Crippen molar-refractivity contribution in [3.8, 4) is 0 Å². The van der Waals surface area contributed by atoms with E-state index in [4.69, 9.17) is 0 Å². The molecule has 0 bridgehead atoms. The van der Waals surface area contributed by atoms with Crippen molar-refractivity contribution in [2.45, 2.75) is 67.7 Å². The van der Waals surface area contributed by atoms with Crippen molar-refractivity contribution >= 4 is 0 Å². The molecule has 0 saturated heterocycles. The molecule has 0 fully saturated rings. The Morgan fingerprint density at radius 3 is 1.32 bits per heavy atom. The van der Waals surface area contributed by atoms with Gasteiger partial charge >= 0.3 is 0 Å². The molecule has 3 aromatic carbocycles. The van der Waals surface area contributed by atoms with Gasteiger partial charge in [0.05, 0.1) is 0 Å². The maximum Gasteiger partial charge on any atom is 0.0351 e. The average Bonchev–Trinajstić information content (AvgIpc) is 2.72. The van der Waals surface area contributed by atoms with Crippen LogP contribution in [0.2, 0.25) is 0 Å². The SMILES string of the molecule is Cc1c(C)c(C)c2c(c1C)Cc1c(C)c(C)c(C)c(C)c1C2c1ccccc1. The average molecular weight is 369 g/mol. The van der Waals surface area contributed by atoms with E-state index in [1.165, 1.54) is 50.1 Å². The first-order chi connectivity index (χ1) is 13.3. The van der Waals surface area contributed by atoms with Crippen LogP contribution < -0.4 is 0 Å². The summed E-state index contributed by atoms with van der Waals surface area (Å²) in [6.07, 6.45) is 1.07. The molecule has 0 amide bonds. The minimum atomic E-state index is 0.330. The third-order valence-electron chi connectivity index (χ3n) is 7.80. The minimum Gasteiger partial charge on any atom is -0.0622 e. The monoisotopic (exact) mass is 368 g/mol. The quantitative estimate of drug-likeness (QED) is 0.332. The number of hydrogen-bond donors (Lipinski definition) is 0. The highest BCUT2D eigenvalue weighted by atomic mass is 14.4. The molecule has 144 valence electrons. The van der Waals surface area contributed by atoms with Crippen LogP contribution in [0.25, 0.3) is 0 Å². The van der Waals surface area contributed by atoms with Gasteiger partial charge in [-0.3, -0.25) is 0 Å². The molecule has 0 radical (unpaired) electrons. The van der Waals surface area contributed by atoms with Crippen LogP contribution in [0.5, 0.6) is 0 Å². The molecule has 1 aliphatic rings. The van der Waals surface area contributed by atoms with E-state index in [1.54, 1.807) is 22.3 Å². The topological polar surface area (TPSA) is 0 Å². The lowest BCUT2D eigenvalue weighted by atomic mass is 9.67. The zero-order valence-electron chi connectivity index (χ0n) is 18.7. The van der Waals surface area contributed by atoms with Crippen LogP contribution in [-0.2, 0) is 6.42 Å². The normalized spacial score (nSPS) is 13.4. The van der Waals surface area contributed by atoms with Crippen LogP contribution in [0, 0.1) is 55.4 Å². The predicted octanol–water partition coefficient (Wildman–Crippen LogP) is 7.24. The first kappa shape index (κ1) is 19.0. The van der Waals surface area contributed by atoms with E-state index < -0.39 is 0 Å². The Morgan fingerprint density at radius 1 is 0.500 bits per heavy atom. The molecular weight excluding hydrogens is 336 g/mol. The lowest BCUT2D eigenvalue weighted by Crippen LogP contribution is -2.22. The fraction of sp³-hybridized carbons (Fsp3) is 0.357. The van der Waals surface area contributed by atoms with E-state index in [0.717, 1.165) is 6.42 Å². The lowest BCUT2D eigenvalue weighted by Gasteiger charge is -2.36. The van der Waals surface area contributed by atoms with Crippen molar-refractivity contribution in [2.24, 2.45) is 0 Å². The molecule has 1 aliphatic carbocycles. The molecule has 0 aromatic heterocycles. The molecule has 0 aliphatic heterocycles. The summed E-state index contributed by atoms with van der Waals surface area (Å²) in [6, 6.07) is 11.1. The Labute approximate surface area is 170 Å². The predicted molar refractivity (Wildman–Crippen MR) is 121 cm³/mol. The molecular formula is C28H32. The highest BCUT2D eigenvalue weighted by Gasteiger charge is 2.33. The maximum absolute atomic E-state index is 2.34. The van der Waals surface area contributed by atoms with Gasteiger partial charge in [0.15, 0.2) is 0 Å². The van der Waals surface area contributed by atoms with Gasteiger partial charge in [0, 0.05) is 5.92 Å². The van der Waals surface area contributed by atoms with E-state index >= 15 is 0 Å². The number of rotatable bonds is 1. The Balaban J connectivity index is 2.18. The van der Waals surface area contributed by atoms with Gasteiger partial charge in [-0.1, -0.05) is 30.3 Å². The van der Waals surface area contributed by atoms with Crippen molar-refractivity contribution in [2.75, 3.05) is 0 Å². The summed E-state index contributed by atoms with van der Waals surface area (Å²) in [7, 11) is 0. The Morgan fingerprint density at radius 2 is 0.893 bits per heavy atom. The smallest absolute Gasteiger partial charge is 0.0351 e. The van der Waals surface area contributed by atoms with Crippen LogP contribution in [0.3, 0.4) is 0 Å². The minimum absolute atomic E-state index is 0.330. The summed E-state index contributed by atoms with van der Waals surface area (Å²) >= 11 is 0. The van der Waals surface area contributed by atoms with Gasteiger partial charge < -0.3 is 0 Å². The molecule has 0 spiro atoms. The molecule has 0 heteroatoms. The number of benzene rings is 3. The molecule has 0 nitrogen and oxygen atoms in total. The fourth-order valence-electron chi connectivity index (χ4n) is 5.38. The van der Waals surface area contributed by atoms with Crippen molar-refractivity contribution in [1.82, 2.24) is 0 Å². The standard InChI is InChI=1S/C28H32/c1-15-17(3)21(7)26-24(19(15)5)14-25-20(6)16(2)18(4)22(8)27(25)28(26)23-12-10-9-11-13-23/h9-13,28H,14H2,1-8H3. The Kier molecular flexibility index (Phi) is 4.49. The van der Waals surface area contributed by atoms with Crippen molar-refractivity contribution in [3.63, 3.8) is 0 Å². The summed E-state index contributed by atoms with van der Waals surface area (Å²) in [5.41, 5.74) is 19.4. The first-order valence-electron chi connectivity index (χ1n) is 10.5. The van der Waals surface area contributed by atoms with Gasteiger partial charge in [-0.05, 0) is 134 Å². The summed E-state index contributed by atoms with van der Waals surface area (Å²) in [5.74, 6) is 0.330. The summed E-state index contributed by atoms with van der Waals surface area (Å²) in [4.78, 5) is 0. The van der Waals surface area contributed by atoms with Gasteiger partial charge in [-0.2, -0.15) is 0 Å². The Hall–Kier alpha value is -2.34. The van der Waals surface area contributed by atoms with E-state index in [-0.39, 0.29) is 0 Å². The third kappa shape index (κ3) is 2.50. The summed E-state index contributed by atoms with van der Waals surface area (Å²) in [6.45, 7) is 18.5. The zero-order chi connectivity index (χ0) is 20.3. The van der Waals surface area contributed by atoms with Crippen LogP contribution >= 0.6 is 0 Å². The fourth-order valence-corrected chi connectivity index (χ4v) is 5.38. The first-order valence-corrected chi connectivity index (χ1v) is 10.5.